The van der Waals surface area contributed by atoms with E-state index in [0.717, 1.165) is 11.3 Å². The highest BCUT2D eigenvalue weighted by molar-refractivity contribution is 6.30. The second-order valence-electron chi connectivity index (χ2n) is 5.44. The molecule has 0 unspecified atom stereocenters. The van der Waals surface area contributed by atoms with Gasteiger partial charge < -0.3 is 10.1 Å². The van der Waals surface area contributed by atoms with E-state index in [9.17, 15) is 4.79 Å². The number of hydrogen-bond acceptors (Lipinski definition) is 3. The van der Waals surface area contributed by atoms with Crippen molar-refractivity contribution in [2.45, 2.75) is 13.3 Å². The van der Waals surface area contributed by atoms with Gasteiger partial charge in [-0.1, -0.05) is 42.8 Å². The fourth-order valence-corrected chi connectivity index (χ4v) is 2.82. The van der Waals surface area contributed by atoms with Crippen molar-refractivity contribution in [1.82, 2.24) is 10.2 Å². The van der Waals surface area contributed by atoms with Gasteiger partial charge in [-0.3, -0.25) is 9.89 Å². The number of aromatic nitrogens is 2. The van der Waals surface area contributed by atoms with E-state index in [1.165, 1.54) is 0 Å². The Balaban J connectivity index is 1.99. The van der Waals surface area contributed by atoms with E-state index in [0.29, 0.717) is 34.1 Å². The summed E-state index contributed by atoms with van der Waals surface area (Å²) in [7, 11) is 1.54. The maximum Gasteiger partial charge on any atom is 0.259 e. The number of aryl methyl sites for hydroxylation is 1. The smallest absolute Gasteiger partial charge is 0.259 e. The van der Waals surface area contributed by atoms with Gasteiger partial charge in [0.1, 0.15) is 11.4 Å². The van der Waals surface area contributed by atoms with Gasteiger partial charge in [-0.25, -0.2) is 0 Å². The summed E-state index contributed by atoms with van der Waals surface area (Å²) in [5, 5.41) is 10.9. The number of rotatable bonds is 5. The molecule has 0 aliphatic carbocycles. The quantitative estimate of drug-likeness (QED) is 0.705. The molecule has 0 bridgehead atoms. The zero-order valence-electron chi connectivity index (χ0n) is 14.0. The van der Waals surface area contributed by atoms with Gasteiger partial charge in [0.25, 0.3) is 5.91 Å². The molecule has 6 heteroatoms. The van der Waals surface area contributed by atoms with Crippen molar-refractivity contribution < 1.29 is 9.53 Å². The van der Waals surface area contributed by atoms with Crippen LogP contribution in [0.15, 0.2) is 48.5 Å². The zero-order valence-corrected chi connectivity index (χ0v) is 14.7. The summed E-state index contributed by atoms with van der Waals surface area (Å²) in [6.45, 7) is 1.99. The van der Waals surface area contributed by atoms with Crippen LogP contribution in [0, 0.1) is 0 Å². The Morgan fingerprint density at radius 2 is 2.04 bits per heavy atom. The summed E-state index contributed by atoms with van der Waals surface area (Å²) in [6.07, 6.45) is 0.703. The van der Waals surface area contributed by atoms with Crippen molar-refractivity contribution in [2.24, 2.45) is 0 Å². The standard InChI is InChI=1S/C19H18ClN3O2/c1-3-15-18(17(23-22-15)12-7-6-8-13(20)11-12)21-19(24)14-9-4-5-10-16(14)25-2/h4-11H,3H2,1-2H3,(H,21,24)(H,22,23). The summed E-state index contributed by atoms with van der Waals surface area (Å²) >= 11 is 6.09. The van der Waals surface area contributed by atoms with Gasteiger partial charge >= 0.3 is 0 Å². The van der Waals surface area contributed by atoms with Gasteiger partial charge in [-0.15, -0.1) is 0 Å². The Morgan fingerprint density at radius 3 is 2.76 bits per heavy atom. The lowest BCUT2D eigenvalue weighted by molar-refractivity contribution is 0.102. The lowest BCUT2D eigenvalue weighted by Crippen LogP contribution is -2.14. The van der Waals surface area contributed by atoms with Crippen molar-refractivity contribution in [3.05, 3.63) is 64.8 Å². The average Bonchev–Trinajstić information content (AvgIpc) is 3.04. The van der Waals surface area contributed by atoms with Crippen LogP contribution < -0.4 is 10.1 Å². The molecule has 2 N–H and O–H groups in total. The van der Waals surface area contributed by atoms with Crippen LogP contribution in [-0.4, -0.2) is 23.2 Å². The number of nitrogens with one attached hydrogen (secondary N) is 2. The van der Waals surface area contributed by atoms with E-state index in [1.807, 2.05) is 31.2 Å². The Labute approximate surface area is 151 Å². The number of hydrogen-bond donors (Lipinski definition) is 2. The fourth-order valence-electron chi connectivity index (χ4n) is 2.63. The van der Waals surface area contributed by atoms with Crippen LogP contribution in [0.2, 0.25) is 5.02 Å². The molecule has 0 aliphatic rings. The van der Waals surface area contributed by atoms with E-state index in [4.69, 9.17) is 16.3 Å². The molecular weight excluding hydrogens is 338 g/mol. The number of halogens is 1. The molecule has 0 saturated heterocycles. The monoisotopic (exact) mass is 355 g/mol. The maximum absolute atomic E-state index is 12.8. The summed E-state index contributed by atoms with van der Waals surface area (Å²) < 4.78 is 5.27. The third-order valence-electron chi connectivity index (χ3n) is 3.88. The first-order valence-electron chi connectivity index (χ1n) is 7.91. The third kappa shape index (κ3) is 3.51. The molecule has 0 saturated carbocycles. The minimum absolute atomic E-state index is 0.253. The minimum Gasteiger partial charge on any atom is -0.496 e. The van der Waals surface area contributed by atoms with Gasteiger partial charge in [-0.2, -0.15) is 5.10 Å². The molecule has 1 amide bonds. The second kappa shape index (κ2) is 7.40. The lowest BCUT2D eigenvalue weighted by atomic mass is 10.1. The van der Waals surface area contributed by atoms with Crippen molar-refractivity contribution in [3.8, 4) is 17.0 Å². The van der Waals surface area contributed by atoms with Gasteiger partial charge in [0.15, 0.2) is 0 Å². The number of amides is 1. The Morgan fingerprint density at radius 1 is 1.24 bits per heavy atom. The van der Waals surface area contributed by atoms with Crippen molar-refractivity contribution >= 4 is 23.2 Å². The molecule has 3 aromatic rings. The second-order valence-corrected chi connectivity index (χ2v) is 5.88. The Hall–Kier alpha value is -2.79. The Kier molecular flexibility index (Phi) is 5.05. The molecule has 2 aromatic carbocycles. The van der Waals surface area contributed by atoms with E-state index in [2.05, 4.69) is 15.5 Å². The summed E-state index contributed by atoms with van der Waals surface area (Å²) in [4.78, 5) is 12.8. The van der Waals surface area contributed by atoms with Crippen molar-refractivity contribution in [3.63, 3.8) is 0 Å². The average molecular weight is 356 g/mol. The first-order chi connectivity index (χ1) is 12.1. The van der Waals surface area contributed by atoms with E-state index in [-0.39, 0.29) is 5.91 Å². The summed E-state index contributed by atoms with van der Waals surface area (Å²) in [6, 6.07) is 14.5. The van der Waals surface area contributed by atoms with Crippen molar-refractivity contribution in [1.29, 1.82) is 0 Å². The van der Waals surface area contributed by atoms with Crippen molar-refractivity contribution in [2.75, 3.05) is 12.4 Å². The van der Waals surface area contributed by atoms with Crippen LogP contribution >= 0.6 is 11.6 Å². The topological polar surface area (TPSA) is 67.0 Å². The predicted octanol–water partition coefficient (Wildman–Crippen LogP) is 4.55. The zero-order chi connectivity index (χ0) is 17.8. The number of nitrogens with zero attached hydrogens (tertiary/aromatic N) is 1. The number of carbonyl (C=O) groups excluding carboxylic acids is 1. The van der Waals surface area contributed by atoms with Gasteiger partial charge in [0, 0.05) is 10.6 Å². The number of methoxy groups -OCH3 is 1. The molecule has 5 nitrogen and oxygen atoms in total. The largest absolute Gasteiger partial charge is 0.496 e. The van der Waals surface area contributed by atoms with Gasteiger partial charge in [0.2, 0.25) is 0 Å². The first-order valence-corrected chi connectivity index (χ1v) is 8.29. The fraction of sp³-hybridized carbons (Fsp3) is 0.158. The van der Waals surface area contributed by atoms with Crippen LogP contribution in [0.4, 0.5) is 5.69 Å². The molecule has 1 aromatic heterocycles. The molecular formula is C19H18ClN3O2. The summed E-state index contributed by atoms with van der Waals surface area (Å²) in [5.74, 6) is 0.266. The van der Waals surface area contributed by atoms with Crippen LogP contribution in [0.3, 0.4) is 0 Å². The highest BCUT2D eigenvalue weighted by Gasteiger charge is 2.19. The molecule has 0 radical (unpaired) electrons. The number of anilines is 1. The maximum atomic E-state index is 12.8. The SMILES string of the molecule is CCc1[nH]nc(-c2cccc(Cl)c2)c1NC(=O)c1ccccc1OC. The van der Waals surface area contributed by atoms with Gasteiger partial charge in [0.05, 0.1) is 24.1 Å². The molecule has 0 spiro atoms. The molecule has 3 rings (SSSR count). The number of H-pyrrole nitrogens is 1. The normalized spacial score (nSPS) is 10.5. The van der Waals surface area contributed by atoms with Crippen LogP contribution in [0.25, 0.3) is 11.3 Å². The minimum atomic E-state index is -0.253. The highest BCUT2D eigenvalue weighted by Crippen LogP contribution is 2.31. The highest BCUT2D eigenvalue weighted by atomic mass is 35.5. The van der Waals surface area contributed by atoms with Gasteiger partial charge in [-0.05, 0) is 30.7 Å². The molecule has 128 valence electrons. The third-order valence-corrected chi connectivity index (χ3v) is 4.12. The molecule has 25 heavy (non-hydrogen) atoms. The molecule has 0 fully saturated rings. The molecule has 0 aliphatic heterocycles. The Bertz CT molecular complexity index is 905. The lowest BCUT2D eigenvalue weighted by Gasteiger charge is -2.11. The number of aromatic amines is 1. The van der Waals surface area contributed by atoms with Crippen LogP contribution in [-0.2, 0) is 6.42 Å². The first kappa shape index (κ1) is 17.0. The van der Waals surface area contributed by atoms with E-state index >= 15 is 0 Å². The number of carbonyl (C=O) groups is 1. The van der Waals surface area contributed by atoms with E-state index in [1.54, 1.807) is 31.4 Å². The van der Waals surface area contributed by atoms with Crippen LogP contribution in [0.5, 0.6) is 5.75 Å². The molecule has 1 heterocycles. The number of ether oxygens (including phenoxy) is 1. The molecule has 0 atom stereocenters. The number of benzene rings is 2. The van der Waals surface area contributed by atoms with E-state index < -0.39 is 0 Å². The number of para-hydroxylation sites is 1. The summed E-state index contributed by atoms with van der Waals surface area (Å²) in [5.41, 5.74) is 3.45. The van der Waals surface area contributed by atoms with Crippen LogP contribution in [0.1, 0.15) is 23.0 Å². The predicted molar refractivity (Wildman–Crippen MR) is 99.4 cm³/mol.